The van der Waals surface area contributed by atoms with E-state index >= 15 is 0 Å². The zero-order valence-corrected chi connectivity index (χ0v) is 17.3. The zero-order chi connectivity index (χ0) is 20.5. The molecule has 2 heterocycles. The van der Waals surface area contributed by atoms with Crippen LogP contribution in [0.4, 0.5) is 11.5 Å². The van der Waals surface area contributed by atoms with Crippen LogP contribution >= 0.6 is 11.6 Å². The number of methoxy groups -OCH3 is 2. The summed E-state index contributed by atoms with van der Waals surface area (Å²) in [5, 5.41) is 8.44. The number of halogens is 1. The van der Waals surface area contributed by atoms with Crippen molar-refractivity contribution in [3.05, 3.63) is 58.7 Å². The SMILES string of the molecule is COc1cc(OC)c(Nc2cc(C)nc3nc(-c4ccc(C)cc4)nn23)cc1Cl. The topological polar surface area (TPSA) is 73.6 Å². The molecule has 0 fully saturated rings. The van der Waals surface area contributed by atoms with Crippen molar-refractivity contribution in [1.29, 1.82) is 0 Å². The van der Waals surface area contributed by atoms with Crippen molar-refractivity contribution in [2.45, 2.75) is 13.8 Å². The lowest BCUT2D eigenvalue weighted by Gasteiger charge is -2.14. The molecule has 0 saturated heterocycles. The quantitative estimate of drug-likeness (QED) is 0.509. The van der Waals surface area contributed by atoms with Gasteiger partial charge in [0.2, 0.25) is 0 Å². The molecule has 0 spiro atoms. The minimum atomic E-state index is 0.469. The van der Waals surface area contributed by atoms with Crippen LogP contribution in [0.5, 0.6) is 11.5 Å². The van der Waals surface area contributed by atoms with E-state index in [1.807, 2.05) is 44.2 Å². The van der Waals surface area contributed by atoms with Crippen molar-refractivity contribution in [2.24, 2.45) is 0 Å². The summed E-state index contributed by atoms with van der Waals surface area (Å²) in [5.41, 5.74) is 3.59. The van der Waals surface area contributed by atoms with Crippen LogP contribution in [0.2, 0.25) is 5.02 Å². The van der Waals surface area contributed by atoms with E-state index in [0.717, 1.165) is 11.3 Å². The van der Waals surface area contributed by atoms with Gasteiger partial charge in [-0.25, -0.2) is 4.98 Å². The molecule has 0 atom stereocenters. The molecular formula is C21H20ClN5O2. The maximum absolute atomic E-state index is 6.30. The molecule has 0 amide bonds. The Labute approximate surface area is 173 Å². The standard InChI is InChI=1S/C21H20ClN5O2/c1-12-5-7-14(8-6-12)20-25-21-23-13(2)9-19(27(21)26-20)24-16-10-15(22)17(28-3)11-18(16)29-4/h5-11,24H,1-4H3. The second-order valence-electron chi connectivity index (χ2n) is 6.61. The minimum Gasteiger partial charge on any atom is -0.495 e. The molecule has 0 radical (unpaired) electrons. The van der Waals surface area contributed by atoms with Crippen LogP contribution in [-0.4, -0.2) is 33.8 Å². The van der Waals surface area contributed by atoms with Crippen molar-refractivity contribution in [2.75, 3.05) is 19.5 Å². The maximum atomic E-state index is 6.30. The summed E-state index contributed by atoms with van der Waals surface area (Å²) in [6, 6.07) is 13.4. The van der Waals surface area contributed by atoms with Crippen LogP contribution in [-0.2, 0) is 0 Å². The second-order valence-corrected chi connectivity index (χ2v) is 7.02. The Balaban J connectivity index is 1.80. The fraction of sp³-hybridized carbons (Fsp3) is 0.190. The first-order valence-corrected chi connectivity index (χ1v) is 9.36. The van der Waals surface area contributed by atoms with Gasteiger partial charge in [-0.2, -0.15) is 9.50 Å². The Morgan fingerprint density at radius 1 is 0.931 bits per heavy atom. The lowest BCUT2D eigenvalue weighted by molar-refractivity contribution is 0.396. The molecule has 0 aliphatic rings. The molecule has 0 saturated carbocycles. The van der Waals surface area contributed by atoms with E-state index in [9.17, 15) is 0 Å². The highest BCUT2D eigenvalue weighted by Crippen LogP contribution is 2.37. The number of hydrogen-bond donors (Lipinski definition) is 1. The summed E-state index contributed by atoms with van der Waals surface area (Å²) >= 11 is 6.30. The number of aryl methyl sites for hydroxylation is 2. The molecule has 2 aromatic carbocycles. The first-order chi connectivity index (χ1) is 14.0. The Bertz CT molecular complexity index is 1190. The zero-order valence-electron chi connectivity index (χ0n) is 16.5. The van der Waals surface area contributed by atoms with E-state index in [1.54, 1.807) is 30.9 Å². The molecule has 0 aliphatic heterocycles. The van der Waals surface area contributed by atoms with Gasteiger partial charge in [0.1, 0.15) is 17.3 Å². The lowest BCUT2D eigenvalue weighted by Crippen LogP contribution is -2.04. The van der Waals surface area contributed by atoms with E-state index in [-0.39, 0.29) is 0 Å². The highest BCUT2D eigenvalue weighted by molar-refractivity contribution is 6.32. The number of rotatable bonds is 5. The fourth-order valence-corrected chi connectivity index (χ4v) is 3.24. The van der Waals surface area contributed by atoms with Gasteiger partial charge in [-0.1, -0.05) is 41.4 Å². The van der Waals surface area contributed by atoms with Crippen LogP contribution < -0.4 is 14.8 Å². The number of anilines is 2. The number of hydrogen-bond acceptors (Lipinski definition) is 6. The van der Waals surface area contributed by atoms with E-state index in [0.29, 0.717) is 39.6 Å². The van der Waals surface area contributed by atoms with Gasteiger partial charge >= 0.3 is 0 Å². The molecule has 0 aliphatic carbocycles. The first kappa shape index (κ1) is 19.0. The Hall–Kier alpha value is -3.32. The van der Waals surface area contributed by atoms with Crippen molar-refractivity contribution < 1.29 is 9.47 Å². The van der Waals surface area contributed by atoms with Crippen LogP contribution in [0.1, 0.15) is 11.3 Å². The molecule has 0 unspecified atom stereocenters. The number of nitrogens with one attached hydrogen (secondary N) is 1. The first-order valence-electron chi connectivity index (χ1n) is 8.98. The highest BCUT2D eigenvalue weighted by atomic mass is 35.5. The fourth-order valence-electron chi connectivity index (χ4n) is 3.00. The Morgan fingerprint density at radius 3 is 2.34 bits per heavy atom. The molecule has 2 aromatic heterocycles. The molecule has 4 aromatic rings. The van der Waals surface area contributed by atoms with Gasteiger partial charge in [0, 0.05) is 23.4 Å². The lowest BCUT2D eigenvalue weighted by atomic mass is 10.1. The van der Waals surface area contributed by atoms with Crippen molar-refractivity contribution in [1.82, 2.24) is 19.6 Å². The van der Waals surface area contributed by atoms with Gasteiger partial charge in [0.25, 0.3) is 5.78 Å². The summed E-state index contributed by atoms with van der Waals surface area (Å²) in [4.78, 5) is 9.09. The third kappa shape index (κ3) is 3.69. The van der Waals surface area contributed by atoms with E-state index in [1.165, 1.54) is 5.56 Å². The normalized spacial score (nSPS) is 10.9. The monoisotopic (exact) mass is 409 g/mol. The summed E-state index contributed by atoms with van der Waals surface area (Å²) < 4.78 is 12.4. The van der Waals surface area contributed by atoms with Gasteiger partial charge < -0.3 is 14.8 Å². The third-order valence-electron chi connectivity index (χ3n) is 4.49. The number of aromatic nitrogens is 4. The third-order valence-corrected chi connectivity index (χ3v) is 4.78. The van der Waals surface area contributed by atoms with E-state index < -0.39 is 0 Å². The largest absolute Gasteiger partial charge is 0.495 e. The predicted molar refractivity (Wildman–Crippen MR) is 114 cm³/mol. The van der Waals surface area contributed by atoms with Gasteiger partial charge in [-0.05, 0) is 19.9 Å². The van der Waals surface area contributed by atoms with Crippen molar-refractivity contribution in [3.63, 3.8) is 0 Å². The van der Waals surface area contributed by atoms with Crippen LogP contribution in [0.15, 0.2) is 42.5 Å². The molecule has 8 heteroatoms. The molecule has 0 bridgehead atoms. The van der Waals surface area contributed by atoms with E-state index in [2.05, 4.69) is 20.4 Å². The molecule has 4 rings (SSSR count). The van der Waals surface area contributed by atoms with Gasteiger partial charge in [-0.15, -0.1) is 5.10 Å². The minimum absolute atomic E-state index is 0.469. The highest BCUT2D eigenvalue weighted by Gasteiger charge is 2.15. The Kier molecular flexibility index (Phi) is 4.98. The molecule has 148 valence electrons. The summed E-state index contributed by atoms with van der Waals surface area (Å²) in [5.74, 6) is 2.92. The molecular weight excluding hydrogens is 390 g/mol. The van der Waals surface area contributed by atoms with Crippen molar-refractivity contribution >= 4 is 28.9 Å². The van der Waals surface area contributed by atoms with Crippen molar-refractivity contribution in [3.8, 4) is 22.9 Å². The van der Waals surface area contributed by atoms with E-state index in [4.69, 9.17) is 21.1 Å². The number of benzene rings is 2. The average Bonchev–Trinajstić information content (AvgIpc) is 3.13. The smallest absolute Gasteiger partial charge is 0.254 e. The maximum Gasteiger partial charge on any atom is 0.254 e. The van der Waals surface area contributed by atoms with Crippen LogP contribution in [0.25, 0.3) is 17.2 Å². The number of fused-ring (bicyclic) bond motifs is 1. The number of nitrogens with zero attached hydrogens (tertiary/aromatic N) is 4. The Morgan fingerprint density at radius 2 is 1.66 bits per heavy atom. The summed E-state index contributed by atoms with van der Waals surface area (Å²) in [6.45, 7) is 3.95. The second kappa shape index (κ2) is 7.60. The van der Waals surface area contributed by atoms with Crippen LogP contribution in [0, 0.1) is 13.8 Å². The van der Waals surface area contributed by atoms with Gasteiger partial charge in [0.15, 0.2) is 5.82 Å². The number of ether oxygens (including phenoxy) is 2. The van der Waals surface area contributed by atoms with Gasteiger partial charge in [-0.3, -0.25) is 0 Å². The predicted octanol–water partition coefficient (Wildman–Crippen LogP) is 4.82. The average molecular weight is 410 g/mol. The van der Waals surface area contributed by atoms with Gasteiger partial charge in [0.05, 0.1) is 24.9 Å². The molecule has 7 nitrogen and oxygen atoms in total. The summed E-state index contributed by atoms with van der Waals surface area (Å²) in [7, 11) is 3.15. The van der Waals surface area contributed by atoms with Crippen LogP contribution in [0.3, 0.4) is 0 Å². The molecule has 1 N–H and O–H groups in total. The molecule has 29 heavy (non-hydrogen) atoms. The summed E-state index contributed by atoms with van der Waals surface area (Å²) in [6.07, 6.45) is 0.